The Bertz CT molecular complexity index is 164. The summed E-state index contributed by atoms with van der Waals surface area (Å²) in [4.78, 5) is 0. The van der Waals surface area contributed by atoms with E-state index >= 15 is 0 Å². The Morgan fingerprint density at radius 1 is 1.00 bits per heavy atom. The third-order valence-electron chi connectivity index (χ3n) is 2.94. The molecule has 0 amide bonds. The van der Waals surface area contributed by atoms with Crippen LogP contribution in [0.4, 0.5) is 0 Å². The van der Waals surface area contributed by atoms with Crippen molar-refractivity contribution in [1.82, 2.24) is 0 Å². The molecule has 2 aliphatic rings. The largest absolute Gasteiger partial charge is 0.348 e. The molecule has 13 heavy (non-hydrogen) atoms. The van der Waals surface area contributed by atoms with Gasteiger partial charge in [0, 0.05) is 6.42 Å². The zero-order valence-corrected chi connectivity index (χ0v) is 8.68. The monoisotopic (exact) mass is 204 g/mol. The van der Waals surface area contributed by atoms with E-state index in [2.05, 4.69) is 0 Å². The van der Waals surface area contributed by atoms with Gasteiger partial charge in [0.05, 0.1) is 18.6 Å². The maximum absolute atomic E-state index is 6.27. The molecular formula is C10H17ClO2. The van der Waals surface area contributed by atoms with Crippen LogP contribution < -0.4 is 0 Å². The van der Waals surface area contributed by atoms with Gasteiger partial charge in [-0.15, -0.1) is 11.6 Å². The molecule has 2 fully saturated rings. The van der Waals surface area contributed by atoms with Crippen LogP contribution in [0.5, 0.6) is 0 Å². The van der Waals surface area contributed by atoms with Gasteiger partial charge in [-0.3, -0.25) is 0 Å². The molecule has 2 rings (SSSR count). The molecule has 0 aromatic rings. The van der Waals surface area contributed by atoms with Crippen LogP contribution in [-0.4, -0.2) is 24.4 Å². The highest BCUT2D eigenvalue weighted by molar-refractivity contribution is 6.21. The second kappa shape index (κ2) is 4.16. The highest BCUT2D eigenvalue weighted by Gasteiger charge is 2.42. The van der Waals surface area contributed by atoms with Crippen molar-refractivity contribution in [3.05, 3.63) is 0 Å². The minimum Gasteiger partial charge on any atom is -0.348 e. The number of hydrogen-bond donors (Lipinski definition) is 0. The van der Waals surface area contributed by atoms with Crippen molar-refractivity contribution in [2.45, 2.75) is 49.7 Å². The Kier molecular flexibility index (Phi) is 3.12. The Hall–Kier alpha value is 0.210. The second-order valence-corrected chi connectivity index (χ2v) is 4.46. The SMILES string of the molecule is ClC1CCCCC12OCCCCO2. The van der Waals surface area contributed by atoms with Crippen LogP contribution >= 0.6 is 11.6 Å². The summed E-state index contributed by atoms with van der Waals surface area (Å²) in [6.45, 7) is 1.62. The van der Waals surface area contributed by atoms with Crippen LogP contribution in [0.25, 0.3) is 0 Å². The van der Waals surface area contributed by atoms with Crippen LogP contribution in [0.3, 0.4) is 0 Å². The molecule has 1 unspecified atom stereocenters. The quantitative estimate of drug-likeness (QED) is 0.565. The average Bonchev–Trinajstić information content (AvgIpc) is 2.37. The predicted octanol–water partition coefficient (Wildman–Crippen LogP) is 2.69. The molecule has 1 saturated carbocycles. The fourth-order valence-electron chi connectivity index (χ4n) is 2.13. The number of halogens is 1. The normalized spacial score (nSPS) is 34.4. The zero-order chi connectivity index (χ0) is 9.15. The Labute approximate surface area is 84.5 Å². The molecule has 3 heteroatoms. The standard InChI is InChI=1S/C10H17ClO2/c11-9-5-1-2-6-10(9)12-7-3-4-8-13-10/h9H,1-8H2. The maximum atomic E-state index is 6.27. The maximum Gasteiger partial charge on any atom is 0.184 e. The average molecular weight is 205 g/mol. The third kappa shape index (κ3) is 2.00. The zero-order valence-electron chi connectivity index (χ0n) is 7.93. The van der Waals surface area contributed by atoms with Crippen molar-refractivity contribution in [3.63, 3.8) is 0 Å². The summed E-state index contributed by atoms with van der Waals surface area (Å²) in [5.74, 6) is -0.434. The topological polar surface area (TPSA) is 18.5 Å². The van der Waals surface area contributed by atoms with E-state index in [1.54, 1.807) is 0 Å². The van der Waals surface area contributed by atoms with E-state index in [0.717, 1.165) is 38.9 Å². The Morgan fingerprint density at radius 2 is 1.69 bits per heavy atom. The summed E-state index contributed by atoms with van der Waals surface area (Å²) in [6.07, 6.45) is 6.60. The summed E-state index contributed by atoms with van der Waals surface area (Å²) in [7, 11) is 0. The molecule has 0 N–H and O–H groups in total. The van der Waals surface area contributed by atoms with Gasteiger partial charge in [-0.1, -0.05) is 6.42 Å². The summed E-state index contributed by atoms with van der Waals surface area (Å²) >= 11 is 6.27. The van der Waals surface area contributed by atoms with Gasteiger partial charge in [-0.05, 0) is 25.7 Å². The lowest BCUT2D eigenvalue weighted by molar-refractivity contribution is -0.237. The molecule has 1 saturated heterocycles. The van der Waals surface area contributed by atoms with Gasteiger partial charge in [-0.2, -0.15) is 0 Å². The fourth-order valence-corrected chi connectivity index (χ4v) is 2.52. The fraction of sp³-hybridized carbons (Fsp3) is 1.00. The van der Waals surface area contributed by atoms with E-state index in [4.69, 9.17) is 21.1 Å². The van der Waals surface area contributed by atoms with Gasteiger partial charge in [0.1, 0.15) is 0 Å². The molecule has 0 aromatic carbocycles. The van der Waals surface area contributed by atoms with Gasteiger partial charge in [0.2, 0.25) is 0 Å². The van der Waals surface area contributed by atoms with Crippen LogP contribution in [-0.2, 0) is 9.47 Å². The lowest BCUT2D eigenvalue weighted by Gasteiger charge is -2.39. The van der Waals surface area contributed by atoms with Gasteiger partial charge < -0.3 is 9.47 Å². The van der Waals surface area contributed by atoms with E-state index < -0.39 is 5.79 Å². The lowest BCUT2D eigenvalue weighted by Crippen LogP contribution is -2.46. The van der Waals surface area contributed by atoms with E-state index in [-0.39, 0.29) is 5.38 Å². The van der Waals surface area contributed by atoms with Crippen molar-refractivity contribution < 1.29 is 9.47 Å². The Balaban J connectivity index is 2.05. The number of ether oxygens (including phenoxy) is 2. The second-order valence-electron chi connectivity index (χ2n) is 3.93. The van der Waals surface area contributed by atoms with Crippen molar-refractivity contribution in [2.75, 3.05) is 13.2 Å². The highest BCUT2D eigenvalue weighted by atomic mass is 35.5. The number of rotatable bonds is 0. The summed E-state index contributed by atoms with van der Waals surface area (Å²) in [5.41, 5.74) is 0. The van der Waals surface area contributed by atoms with Gasteiger partial charge in [0.15, 0.2) is 5.79 Å². The van der Waals surface area contributed by atoms with E-state index in [0.29, 0.717) is 0 Å². The first kappa shape index (κ1) is 9.75. The van der Waals surface area contributed by atoms with Gasteiger partial charge in [-0.25, -0.2) is 0 Å². The molecule has 76 valence electrons. The molecular weight excluding hydrogens is 188 g/mol. The lowest BCUT2D eigenvalue weighted by atomic mass is 9.93. The summed E-state index contributed by atoms with van der Waals surface area (Å²) < 4.78 is 11.6. The molecule has 1 aliphatic carbocycles. The van der Waals surface area contributed by atoms with E-state index in [1.807, 2.05) is 0 Å². The van der Waals surface area contributed by atoms with Crippen LogP contribution in [0.1, 0.15) is 38.5 Å². The van der Waals surface area contributed by atoms with Crippen LogP contribution in [0, 0.1) is 0 Å². The molecule has 1 aliphatic heterocycles. The molecule has 2 nitrogen and oxygen atoms in total. The van der Waals surface area contributed by atoms with Crippen molar-refractivity contribution >= 4 is 11.6 Å². The molecule has 0 bridgehead atoms. The molecule has 1 heterocycles. The molecule has 0 radical (unpaired) electrons. The predicted molar refractivity (Wildman–Crippen MR) is 52.0 cm³/mol. The summed E-state index contributed by atoms with van der Waals surface area (Å²) in [6, 6.07) is 0. The molecule has 0 aromatic heterocycles. The van der Waals surface area contributed by atoms with E-state index in [1.165, 1.54) is 12.8 Å². The highest BCUT2D eigenvalue weighted by Crippen LogP contribution is 2.37. The van der Waals surface area contributed by atoms with Gasteiger partial charge >= 0.3 is 0 Å². The third-order valence-corrected chi connectivity index (χ3v) is 3.49. The minimum absolute atomic E-state index is 0.0550. The van der Waals surface area contributed by atoms with Crippen molar-refractivity contribution in [3.8, 4) is 0 Å². The van der Waals surface area contributed by atoms with Gasteiger partial charge in [0.25, 0.3) is 0 Å². The first-order chi connectivity index (χ1) is 6.33. The van der Waals surface area contributed by atoms with Crippen molar-refractivity contribution in [2.24, 2.45) is 0 Å². The number of hydrogen-bond acceptors (Lipinski definition) is 2. The van der Waals surface area contributed by atoms with Crippen molar-refractivity contribution in [1.29, 1.82) is 0 Å². The number of alkyl halides is 1. The summed E-state index contributed by atoms with van der Waals surface area (Å²) in [5, 5.41) is 0.0550. The first-order valence-electron chi connectivity index (χ1n) is 5.25. The Morgan fingerprint density at radius 3 is 2.31 bits per heavy atom. The molecule has 1 atom stereocenters. The smallest absolute Gasteiger partial charge is 0.184 e. The molecule has 1 spiro atoms. The minimum atomic E-state index is -0.434. The van der Waals surface area contributed by atoms with Crippen LogP contribution in [0.2, 0.25) is 0 Å². The van der Waals surface area contributed by atoms with E-state index in [9.17, 15) is 0 Å². The first-order valence-corrected chi connectivity index (χ1v) is 5.69. The van der Waals surface area contributed by atoms with Crippen LogP contribution in [0.15, 0.2) is 0 Å².